The van der Waals surface area contributed by atoms with Gasteiger partial charge in [-0.3, -0.25) is 14.4 Å². The van der Waals surface area contributed by atoms with E-state index in [9.17, 15) is 32.7 Å². The third-order valence-corrected chi connectivity index (χ3v) is 9.94. The fourth-order valence-corrected chi connectivity index (χ4v) is 6.80. The van der Waals surface area contributed by atoms with Gasteiger partial charge < -0.3 is 25.4 Å². The second-order valence-electron chi connectivity index (χ2n) is 14.0. The Morgan fingerprint density at radius 2 is 1.75 bits per heavy atom. The van der Waals surface area contributed by atoms with Gasteiger partial charge in [0.05, 0.1) is 18.1 Å². The highest BCUT2D eigenvalue weighted by molar-refractivity contribution is 6.31. The van der Waals surface area contributed by atoms with Crippen molar-refractivity contribution in [1.29, 1.82) is 0 Å². The van der Waals surface area contributed by atoms with Gasteiger partial charge in [0.25, 0.3) is 0 Å². The number of aliphatic carboxylic acids is 1. The summed E-state index contributed by atoms with van der Waals surface area (Å²) in [5, 5.41) is 16.8. The summed E-state index contributed by atoms with van der Waals surface area (Å²) in [7, 11) is 0. The molecule has 2 aliphatic heterocycles. The number of piperazine rings is 1. The van der Waals surface area contributed by atoms with E-state index in [-0.39, 0.29) is 49.9 Å². The largest absolute Gasteiger partial charge is 0.488 e. The van der Waals surface area contributed by atoms with E-state index in [0.717, 1.165) is 28.3 Å². The second-order valence-corrected chi connectivity index (χ2v) is 14.4. The quantitative estimate of drug-likeness (QED) is 0.126. The van der Waals surface area contributed by atoms with Crippen molar-refractivity contribution in [2.75, 3.05) is 19.7 Å². The van der Waals surface area contributed by atoms with Crippen LogP contribution in [0.3, 0.4) is 0 Å². The molecule has 12 heteroatoms. The van der Waals surface area contributed by atoms with Gasteiger partial charge in [-0.15, -0.1) is 0 Å². The zero-order chi connectivity index (χ0) is 36.9. The maximum Gasteiger partial charge on any atom is 0.309 e. The number of carbonyl (C=O) groups is 3. The lowest BCUT2D eigenvalue weighted by atomic mass is 9.82. The van der Waals surface area contributed by atoms with Crippen molar-refractivity contribution in [2.45, 2.75) is 77.4 Å². The number of ether oxygens (including phenoxy) is 1. The van der Waals surface area contributed by atoms with Crippen LogP contribution in [-0.4, -0.2) is 65.6 Å². The molecule has 3 N–H and O–H groups in total. The van der Waals surface area contributed by atoms with Crippen LogP contribution >= 0.6 is 11.6 Å². The second kappa shape index (κ2) is 16.3. The molecule has 0 aliphatic carbocycles. The van der Waals surface area contributed by atoms with E-state index in [1.54, 1.807) is 18.7 Å². The number of aryl methyl sites for hydroxylation is 1. The fraction of sp³-hybridized carbons (Fsp3) is 0.410. The average Bonchev–Trinajstić information content (AvgIpc) is 3.09. The lowest BCUT2D eigenvalue weighted by molar-refractivity contribution is -0.148. The predicted octanol–water partition coefficient (Wildman–Crippen LogP) is 6.73. The van der Waals surface area contributed by atoms with Gasteiger partial charge in [0.1, 0.15) is 0 Å². The van der Waals surface area contributed by atoms with Crippen LogP contribution in [0.15, 0.2) is 66.2 Å². The molecule has 2 heterocycles. The Kier molecular flexibility index (Phi) is 12.1. The molecule has 2 amide bonds. The van der Waals surface area contributed by atoms with Gasteiger partial charge in [-0.2, -0.15) is 4.39 Å². The Balaban J connectivity index is 1.32. The van der Waals surface area contributed by atoms with Crippen LogP contribution < -0.4 is 15.4 Å². The summed E-state index contributed by atoms with van der Waals surface area (Å²) >= 11 is 6.39. The van der Waals surface area contributed by atoms with Gasteiger partial charge in [0.2, 0.25) is 17.6 Å². The number of carboxylic acid groups (broad SMARTS) is 1. The number of carboxylic acids is 1. The molecular formula is C39H43ClF3N3O5. The monoisotopic (exact) mass is 725 g/mol. The van der Waals surface area contributed by atoms with Crippen LogP contribution in [0.4, 0.5) is 13.2 Å². The maximum atomic E-state index is 14.1. The summed E-state index contributed by atoms with van der Waals surface area (Å²) in [6.07, 6.45) is 2.26. The van der Waals surface area contributed by atoms with Gasteiger partial charge in [-0.25, -0.2) is 8.78 Å². The summed E-state index contributed by atoms with van der Waals surface area (Å²) in [5.74, 6) is -5.59. The molecule has 0 aromatic heterocycles. The molecule has 1 unspecified atom stereocenters. The molecule has 2 bridgehead atoms. The normalized spacial score (nSPS) is 18.0. The number of rotatable bonds is 14. The van der Waals surface area contributed by atoms with Gasteiger partial charge in [-0.1, -0.05) is 54.1 Å². The number of benzene rings is 3. The van der Waals surface area contributed by atoms with Gasteiger partial charge >= 0.3 is 5.97 Å². The minimum atomic E-state index is -1.35. The molecule has 3 aromatic rings. The number of halogens is 4. The number of nitrogens with zero attached hydrogens (tertiary/aromatic N) is 1. The average molecular weight is 726 g/mol. The highest BCUT2D eigenvalue weighted by Gasteiger charge is 2.40. The van der Waals surface area contributed by atoms with Crippen molar-refractivity contribution in [3.8, 4) is 5.75 Å². The Labute approximate surface area is 301 Å². The summed E-state index contributed by atoms with van der Waals surface area (Å²) in [5.41, 5.74) is 3.10. The number of hydrogen-bond acceptors (Lipinski definition) is 5. The van der Waals surface area contributed by atoms with Crippen LogP contribution in [0.1, 0.15) is 63.1 Å². The standard InChI is InChI=1S/C39H43ClF3N3O5/c1-23(19-26-8-4-5-9-29(26)40)44-37(48)34-28(20-27-21-46(22-32(34)45-27)33(47)16-17-39(2,3)38(49)50)25-12-10-24(11-13-25)7-6-18-51-36-31(42)15-14-30(41)35(36)43/h4-5,8-15,23,27,32,45H,6-7,16-22H2,1-3H3,(H,44,48)(H,49,50)/t23?,27-,32-/m1/s1. The third kappa shape index (κ3) is 9.31. The Morgan fingerprint density at radius 3 is 2.45 bits per heavy atom. The molecule has 3 aromatic carbocycles. The molecule has 3 atom stereocenters. The first kappa shape index (κ1) is 37.9. The van der Waals surface area contributed by atoms with Crippen LogP contribution in [0.25, 0.3) is 5.57 Å². The van der Waals surface area contributed by atoms with E-state index in [1.807, 2.05) is 55.5 Å². The molecule has 272 valence electrons. The van der Waals surface area contributed by atoms with E-state index in [2.05, 4.69) is 10.6 Å². The predicted molar refractivity (Wildman–Crippen MR) is 189 cm³/mol. The number of amides is 2. The van der Waals surface area contributed by atoms with Crippen molar-refractivity contribution in [2.24, 2.45) is 5.41 Å². The summed E-state index contributed by atoms with van der Waals surface area (Å²) in [4.78, 5) is 40.8. The molecule has 0 spiro atoms. The maximum absolute atomic E-state index is 14.1. The van der Waals surface area contributed by atoms with E-state index < -0.39 is 40.6 Å². The summed E-state index contributed by atoms with van der Waals surface area (Å²) < 4.78 is 46.5. The minimum Gasteiger partial charge on any atom is -0.488 e. The van der Waals surface area contributed by atoms with Crippen molar-refractivity contribution >= 4 is 35.0 Å². The lowest BCUT2D eigenvalue weighted by Crippen LogP contribution is -2.62. The van der Waals surface area contributed by atoms with Crippen molar-refractivity contribution in [3.63, 3.8) is 0 Å². The molecule has 1 fully saturated rings. The van der Waals surface area contributed by atoms with Crippen molar-refractivity contribution in [1.82, 2.24) is 15.5 Å². The topological polar surface area (TPSA) is 108 Å². The molecule has 0 saturated carbocycles. The summed E-state index contributed by atoms with van der Waals surface area (Å²) in [6.45, 7) is 5.79. The minimum absolute atomic E-state index is 0.0149. The van der Waals surface area contributed by atoms with E-state index in [4.69, 9.17) is 16.3 Å². The van der Waals surface area contributed by atoms with E-state index in [1.165, 1.54) is 0 Å². The zero-order valence-electron chi connectivity index (χ0n) is 28.9. The first-order valence-corrected chi connectivity index (χ1v) is 17.5. The highest BCUT2D eigenvalue weighted by atomic mass is 35.5. The molecular weight excluding hydrogens is 683 g/mol. The first-order valence-electron chi connectivity index (χ1n) is 17.1. The van der Waals surface area contributed by atoms with Gasteiger partial charge in [0, 0.05) is 42.2 Å². The first-order chi connectivity index (χ1) is 24.2. The van der Waals surface area contributed by atoms with E-state index in [0.29, 0.717) is 48.9 Å². The molecule has 1 saturated heterocycles. The number of fused-ring (bicyclic) bond motifs is 2. The Bertz CT molecular complexity index is 1800. The smallest absolute Gasteiger partial charge is 0.309 e. The Morgan fingerprint density at radius 1 is 1.04 bits per heavy atom. The zero-order valence-corrected chi connectivity index (χ0v) is 29.7. The molecule has 5 rings (SSSR count). The number of carbonyl (C=O) groups excluding carboxylic acids is 2. The highest BCUT2D eigenvalue weighted by Crippen LogP contribution is 2.34. The lowest BCUT2D eigenvalue weighted by Gasteiger charge is -2.44. The van der Waals surface area contributed by atoms with Gasteiger partial charge in [-0.05, 0) is 93.3 Å². The SMILES string of the molecule is CC(Cc1ccccc1Cl)NC(=O)C1=C(c2ccc(CCCOc3c(F)ccc(F)c3F)cc2)C[C@@H]2CN(C(=O)CCC(C)(C)C(=O)O)C[C@H]1N2. The van der Waals surface area contributed by atoms with Crippen molar-refractivity contribution in [3.05, 3.63) is 105 Å². The molecule has 8 nitrogen and oxygen atoms in total. The van der Waals surface area contributed by atoms with Crippen LogP contribution in [-0.2, 0) is 27.2 Å². The molecule has 51 heavy (non-hydrogen) atoms. The van der Waals surface area contributed by atoms with Crippen LogP contribution in [0.2, 0.25) is 5.02 Å². The summed E-state index contributed by atoms with van der Waals surface area (Å²) in [6, 6.07) is 15.9. The third-order valence-electron chi connectivity index (χ3n) is 9.57. The molecule has 0 radical (unpaired) electrons. The van der Waals surface area contributed by atoms with E-state index >= 15 is 0 Å². The molecule has 2 aliphatic rings. The van der Waals surface area contributed by atoms with Crippen LogP contribution in [0.5, 0.6) is 5.75 Å². The Hall–Kier alpha value is -4.35. The van der Waals surface area contributed by atoms with Gasteiger partial charge in [0.15, 0.2) is 17.4 Å². The number of nitrogens with one attached hydrogen (secondary N) is 2. The van der Waals surface area contributed by atoms with Crippen molar-refractivity contribution < 1.29 is 37.4 Å². The van der Waals surface area contributed by atoms with Crippen LogP contribution in [0, 0.1) is 22.9 Å². The number of hydrogen-bond donors (Lipinski definition) is 3. The fourth-order valence-electron chi connectivity index (χ4n) is 6.58.